The predicted octanol–water partition coefficient (Wildman–Crippen LogP) is 3.95. The van der Waals surface area contributed by atoms with Crippen LogP contribution in [0.1, 0.15) is 49.3 Å². The second-order valence-corrected chi connectivity index (χ2v) is 5.52. The number of ether oxygens (including phenoxy) is 2. The summed E-state index contributed by atoms with van der Waals surface area (Å²) < 4.78 is 12.4. The van der Waals surface area contributed by atoms with Gasteiger partial charge in [-0.3, -0.25) is 0 Å². The summed E-state index contributed by atoms with van der Waals surface area (Å²) in [5.41, 5.74) is 2.48. The fourth-order valence-corrected chi connectivity index (χ4v) is 3.17. The van der Waals surface area contributed by atoms with E-state index in [2.05, 4.69) is 38.1 Å². The topological polar surface area (TPSA) is 18.5 Å². The van der Waals surface area contributed by atoms with Gasteiger partial charge in [0.1, 0.15) is 6.10 Å². The van der Waals surface area contributed by atoms with Gasteiger partial charge in [0, 0.05) is 12.8 Å². The van der Waals surface area contributed by atoms with E-state index in [4.69, 9.17) is 9.47 Å². The van der Waals surface area contributed by atoms with E-state index >= 15 is 0 Å². The maximum Gasteiger partial charge on any atom is 0.169 e. The Hall–Kier alpha value is -0.860. The lowest BCUT2D eigenvalue weighted by Crippen LogP contribution is -2.33. The third-order valence-electron chi connectivity index (χ3n) is 4.16. The van der Waals surface area contributed by atoms with E-state index < -0.39 is 0 Å². The smallest absolute Gasteiger partial charge is 0.169 e. The molecule has 1 aromatic rings. The van der Waals surface area contributed by atoms with Crippen LogP contribution in [0.4, 0.5) is 0 Å². The minimum absolute atomic E-state index is 0.00991. The van der Waals surface area contributed by atoms with Crippen LogP contribution in [0.25, 0.3) is 0 Å². The maximum absolute atomic E-state index is 6.28. The summed E-state index contributed by atoms with van der Waals surface area (Å²) >= 11 is 0. The molecule has 3 rings (SSSR count). The van der Waals surface area contributed by atoms with Crippen molar-refractivity contribution in [3.8, 4) is 0 Å². The van der Waals surface area contributed by atoms with Crippen molar-refractivity contribution in [1.82, 2.24) is 0 Å². The second kappa shape index (κ2) is 4.67. The van der Waals surface area contributed by atoms with E-state index in [0.717, 1.165) is 12.8 Å². The van der Waals surface area contributed by atoms with Crippen molar-refractivity contribution < 1.29 is 9.47 Å². The summed E-state index contributed by atoms with van der Waals surface area (Å²) in [4.78, 5) is 0. The van der Waals surface area contributed by atoms with Crippen LogP contribution in [0.2, 0.25) is 0 Å². The first-order valence-electron chi connectivity index (χ1n) is 6.94. The molecule has 1 radical (unpaired) electrons. The normalized spacial score (nSPS) is 30.8. The molecule has 18 heavy (non-hydrogen) atoms. The lowest BCUT2D eigenvalue weighted by atomic mass is 9.94. The van der Waals surface area contributed by atoms with E-state index in [1.807, 2.05) is 0 Å². The van der Waals surface area contributed by atoms with Crippen LogP contribution in [0.3, 0.4) is 0 Å². The standard InChI is InChI=1S/C16H21O2/c1-12-8-4-5-9-14(12)15-13(2)17-16(18-15)10-6-3-7-11-16/h4-5,8-9,13,15H,2-3,6-7,10-11H2,1H3/t13-,15+/m1/s1. The first-order chi connectivity index (χ1) is 8.70. The van der Waals surface area contributed by atoms with Gasteiger partial charge in [0.2, 0.25) is 0 Å². The van der Waals surface area contributed by atoms with Gasteiger partial charge in [-0.25, -0.2) is 0 Å². The van der Waals surface area contributed by atoms with Gasteiger partial charge in [0.05, 0.1) is 6.10 Å². The highest BCUT2D eigenvalue weighted by molar-refractivity contribution is 5.29. The summed E-state index contributed by atoms with van der Waals surface area (Å²) in [6.45, 7) is 6.26. The predicted molar refractivity (Wildman–Crippen MR) is 71.1 cm³/mol. The molecule has 0 unspecified atom stereocenters. The highest BCUT2D eigenvalue weighted by atomic mass is 16.8. The number of aryl methyl sites for hydroxylation is 1. The molecule has 1 heterocycles. The summed E-state index contributed by atoms with van der Waals surface area (Å²) in [6, 6.07) is 8.37. The molecule has 2 aliphatic rings. The molecule has 0 aromatic heterocycles. The maximum atomic E-state index is 6.28. The molecule has 0 bridgehead atoms. The average Bonchev–Trinajstić information content (AvgIpc) is 2.67. The third kappa shape index (κ3) is 2.08. The van der Waals surface area contributed by atoms with Gasteiger partial charge < -0.3 is 9.47 Å². The monoisotopic (exact) mass is 245 g/mol. The van der Waals surface area contributed by atoms with Crippen molar-refractivity contribution in [2.24, 2.45) is 0 Å². The minimum Gasteiger partial charge on any atom is -0.344 e. The molecule has 1 aliphatic heterocycles. The van der Waals surface area contributed by atoms with Crippen LogP contribution >= 0.6 is 0 Å². The van der Waals surface area contributed by atoms with Crippen molar-refractivity contribution in [3.05, 3.63) is 42.3 Å². The molecule has 2 heteroatoms. The van der Waals surface area contributed by atoms with E-state index in [-0.39, 0.29) is 18.0 Å². The quantitative estimate of drug-likeness (QED) is 0.746. The molecule has 1 saturated carbocycles. The van der Waals surface area contributed by atoms with Crippen molar-refractivity contribution >= 4 is 0 Å². The van der Waals surface area contributed by atoms with Crippen LogP contribution < -0.4 is 0 Å². The van der Waals surface area contributed by atoms with E-state index in [1.165, 1.54) is 30.4 Å². The first-order valence-corrected chi connectivity index (χ1v) is 6.94. The Kier molecular flexibility index (Phi) is 3.16. The largest absolute Gasteiger partial charge is 0.344 e. The zero-order chi connectivity index (χ0) is 12.6. The summed E-state index contributed by atoms with van der Waals surface area (Å²) in [7, 11) is 0. The van der Waals surface area contributed by atoms with Crippen molar-refractivity contribution in [3.63, 3.8) is 0 Å². The lowest BCUT2D eigenvalue weighted by Gasteiger charge is -2.32. The van der Waals surface area contributed by atoms with Crippen LogP contribution in [0.5, 0.6) is 0 Å². The number of benzene rings is 1. The Morgan fingerprint density at radius 2 is 1.83 bits per heavy atom. The number of rotatable bonds is 1. The van der Waals surface area contributed by atoms with Gasteiger partial charge in [-0.15, -0.1) is 0 Å². The molecule has 1 aliphatic carbocycles. The van der Waals surface area contributed by atoms with Gasteiger partial charge in [0.25, 0.3) is 0 Å². The fourth-order valence-electron chi connectivity index (χ4n) is 3.17. The molecule has 0 N–H and O–H groups in total. The zero-order valence-corrected chi connectivity index (χ0v) is 11.0. The van der Waals surface area contributed by atoms with Crippen molar-refractivity contribution in [2.75, 3.05) is 0 Å². The fraction of sp³-hybridized carbons (Fsp3) is 0.562. The van der Waals surface area contributed by atoms with Crippen LogP contribution in [-0.4, -0.2) is 11.9 Å². The lowest BCUT2D eigenvalue weighted by molar-refractivity contribution is -0.192. The van der Waals surface area contributed by atoms with E-state index in [0.29, 0.717) is 0 Å². The SMILES string of the molecule is [CH2][C@H]1OC2(CCCCC2)O[C@@H]1c1ccccc1C. The summed E-state index contributed by atoms with van der Waals surface area (Å²) in [6.07, 6.45) is 5.63. The van der Waals surface area contributed by atoms with E-state index in [9.17, 15) is 0 Å². The van der Waals surface area contributed by atoms with Crippen molar-refractivity contribution in [1.29, 1.82) is 0 Å². The van der Waals surface area contributed by atoms with Gasteiger partial charge in [0.15, 0.2) is 5.79 Å². The van der Waals surface area contributed by atoms with Crippen LogP contribution in [-0.2, 0) is 9.47 Å². The minimum atomic E-state index is -0.350. The Morgan fingerprint density at radius 3 is 2.56 bits per heavy atom. The Balaban J connectivity index is 1.84. The average molecular weight is 245 g/mol. The summed E-state index contributed by atoms with van der Waals surface area (Å²) in [5, 5.41) is 0. The molecule has 1 aromatic carbocycles. The number of hydrogen-bond donors (Lipinski definition) is 0. The molecule has 1 saturated heterocycles. The zero-order valence-electron chi connectivity index (χ0n) is 11.0. The molecular weight excluding hydrogens is 224 g/mol. The Labute approximate surface area is 109 Å². The third-order valence-corrected chi connectivity index (χ3v) is 4.16. The second-order valence-electron chi connectivity index (χ2n) is 5.52. The molecule has 2 fully saturated rings. The molecule has 1 spiro atoms. The van der Waals surface area contributed by atoms with Gasteiger partial charge >= 0.3 is 0 Å². The van der Waals surface area contributed by atoms with Gasteiger partial charge in [-0.05, 0) is 37.8 Å². The molecular formula is C16H21O2. The molecule has 97 valence electrons. The number of hydrogen-bond acceptors (Lipinski definition) is 2. The Bertz CT molecular complexity index is 421. The van der Waals surface area contributed by atoms with E-state index in [1.54, 1.807) is 0 Å². The van der Waals surface area contributed by atoms with Crippen LogP contribution in [0, 0.1) is 13.8 Å². The van der Waals surface area contributed by atoms with Crippen LogP contribution in [0.15, 0.2) is 24.3 Å². The molecule has 0 amide bonds. The molecule has 2 atom stereocenters. The van der Waals surface area contributed by atoms with Gasteiger partial charge in [-0.1, -0.05) is 30.7 Å². The Morgan fingerprint density at radius 1 is 1.11 bits per heavy atom. The molecule has 2 nitrogen and oxygen atoms in total. The highest BCUT2D eigenvalue weighted by Gasteiger charge is 2.46. The first kappa shape index (κ1) is 12.2. The highest BCUT2D eigenvalue weighted by Crippen LogP contribution is 2.46. The van der Waals surface area contributed by atoms with Crippen molar-refractivity contribution in [2.45, 2.75) is 57.0 Å². The summed E-state index contributed by atoms with van der Waals surface area (Å²) in [5.74, 6) is -0.350. The van der Waals surface area contributed by atoms with Gasteiger partial charge in [-0.2, -0.15) is 0 Å².